The highest BCUT2D eigenvalue weighted by molar-refractivity contribution is 7.90. The second-order valence-corrected chi connectivity index (χ2v) is 10.9. The monoisotopic (exact) mass is 433 g/mol. The van der Waals surface area contributed by atoms with E-state index in [4.69, 9.17) is 0 Å². The van der Waals surface area contributed by atoms with E-state index >= 15 is 0 Å². The molecule has 0 bridgehead atoms. The van der Waals surface area contributed by atoms with Crippen molar-refractivity contribution in [3.8, 4) is 0 Å². The smallest absolute Gasteiger partial charge is 0.316 e. The normalized spacial score (nSPS) is 20.8. The number of rotatable bonds is 3. The van der Waals surface area contributed by atoms with E-state index in [0.717, 1.165) is 32.2 Å². The van der Waals surface area contributed by atoms with Crippen LogP contribution in [0.4, 0.5) is 0 Å². The predicted molar refractivity (Wildman–Crippen MR) is 118 cm³/mol. The van der Waals surface area contributed by atoms with Gasteiger partial charge in [0.05, 0.1) is 15.9 Å². The molecule has 2 fully saturated rings. The lowest BCUT2D eigenvalue weighted by atomic mass is 9.93. The van der Waals surface area contributed by atoms with Crippen molar-refractivity contribution < 1.29 is 8.42 Å². The van der Waals surface area contributed by atoms with Gasteiger partial charge in [0.1, 0.15) is 0 Å². The molecule has 1 saturated carbocycles. The van der Waals surface area contributed by atoms with E-state index in [9.17, 15) is 18.0 Å². The number of benzene rings is 1. The fraction of sp³-hybridized carbons (Fsp3) is 0.636. The zero-order valence-corrected chi connectivity index (χ0v) is 18.4. The molecule has 0 amide bonds. The van der Waals surface area contributed by atoms with Gasteiger partial charge in [0.15, 0.2) is 9.84 Å². The number of likely N-dealkylation sites (tertiary alicyclic amines) is 1. The summed E-state index contributed by atoms with van der Waals surface area (Å²) in [6.45, 7) is 1.86. The standard InChI is InChI=1S/C22H31N3O4S/c1-30(28,29)18-9-10-20-19(15-18)23-21(26)22(27)25(20)17-11-13-24(14-12-17)16-7-5-3-2-4-6-8-16/h9-10,15-17H,2-8,11-14H2,1H3,(H,23,26). The van der Waals surface area contributed by atoms with Gasteiger partial charge in [-0.25, -0.2) is 8.42 Å². The lowest BCUT2D eigenvalue weighted by molar-refractivity contribution is 0.116. The van der Waals surface area contributed by atoms with Crippen molar-refractivity contribution >= 4 is 20.9 Å². The summed E-state index contributed by atoms with van der Waals surface area (Å²) in [6.07, 6.45) is 11.9. The Morgan fingerprint density at radius 2 is 1.53 bits per heavy atom. The summed E-state index contributed by atoms with van der Waals surface area (Å²) in [5.41, 5.74) is -0.268. The van der Waals surface area contributed by atoms with Gasteiger partial charge in [-0.15, -0.1) is 0 Å². The number of aromatic amines is 1. The Morgan fingerprint density at radius 3 is 2.17 bits per heavy atom. The lowest BCUT2D eigenvalue weighted by Crippen LogP contribution is -2.45. The minimum Gasteiger partial charge on any atom is -0.316 e. The van der Waals surface area contributed by atoms with Crippen molar-refractivity contribution in [1.82, 2.24) is 14.5 Å². The first-order valence-corrected chi connectivity index (χ1v) is 13.0. The molecule has 1 aromatic carbocycles. The summed E-state index contributed by atoms with van der Waals surface area (Å²) < 4.78 is 25.4. The number of fused-ring (bicyclic) bond motifs is 1. The van der Waals surface area contributed by atoms with Crippen molar-refractivity contribution in [1.29, 1.82) is 0 Å². The highest BCUT2D eigenvalue weighted by atomic mass is 32.2. The molecule has 8 heteroatoms. The third-order valence-electron chi connectivity index (χ3n) is 6.77. The second-order valence-electron chi connectivity index (χ2n) is 8.85. The number of hydrogen-bond acceptors (Lipinski definition) is 5. The van der Waals surface area contributed by atoms with Crippen molar-refractivity contribution in [2.45, 2.75) is 74.8 Å². The van der Waals surface area contributed by atoms with Gasteiger partial charge < -0.3 is 9.88 Å². The number of hydrogen-bond donors (Lipinski definition) is 1. The Hall–Kier alpha value is -1.93. The molecule has 1 saturated heterocycles. The molecule has 0 radical (unpaired) electrons. The van der Waals surface area contributed by atoms with Gasteiger partial charge in [-0.1, -0.05) is 32.1 Å². The van der Waals surface area contributed by atoms with E-state index in [2.05, 4.69) is 9.88 Å². The molecule has 1 aliphatic heterocycles. The van der Waals surface area contributed by atoms with E-state index in [1.807, 2.05) is 0 Å². The molecule has 0 spiro atoms. The topological polar surface area (TPSA) is 92.2 Å². The van der Waals surface area contributed by atoms with E-state index in [1.165, 1.54) is 57.1 Å². The SMILES string of the molecule is CS(=O)(=O)c1ccc2c(c1)[nH]c(=O)c(=O)n2C1CCN(C2CCCCCCC2)CC1. The maximum absolute atomic E-state index is 12.7. The zero-order chi connectivity index (χ0) is 21.3. The van der Waals surface area contributed by atoms with Crippen LogP contribution in [0.15, 0.2) is 32.7 Å². The van der Waals surface area contributed by atoms with Gasteiger partial charge in [0, 0.05) is 31.4 Å². The largest absolute Gasteiger partial charge is 0.316 e. The maximum Gasteiger partial charge on any atom is 0.316 e. The summed E-state index contributed by atoms with van der Waals surface area (Å²) in [6, 6.07) is 5.19. The van der Waals surface area contributed by atoms with Crippen molar-refractivity contribution in [2.75, 3.05) is 19.3 Å². The number of nitrogens with one attached hydrogen (secondary N) is 1. The van der Waals surface area contributed by atoms with Crippen LogP contribution in [0, 0.1) is 0 Å². The minimum atomic E-state index is -3.40. The Morgan fingerprint density at radius 1 is 0.900 bits per heavy atom. The highest BCUT2D eigenvalue weighted by Crippen LogP contribution is 2.29. The second kappa shape index (κ2) is 8.67. The minimum absolute atomic E-state index is 0.0452. The molecule has 0 atom stereocenters. The van der Waals surface area contributed by atoms with E-state index < -0.39 is 21.0 Å². The Balaban J connectivity index is 1.60. The first-order valence-electron chi connectivity index (χ1n) is 11.1. The lowest BCUT2D eigenvalue weighted by Gasteiger charge is -2.39. The van der Waals surface area contributed by atoms with Gasteiger partial charge >= 0.3 is 11.1 Å². The Labute approximate surface area is 177 Å². The van der Waals surface area contributed by atoms with Crippen LogP contribution in [-0.4, -0.2) is 48.3 Å². The van der Waals surface area contributed by atoms with Gasteiger partial charge in [0.2, 0.25) is 0 Å². The fourth-order valence-electron chi connectivity index (χ4n) is 5.12. The first-order chi connectivity index (χ1) is 14.3. The number of aromatic nitrogens is 2. The molecule has 4 rings (SSSR count). The molecular weight excluding hydrogens is 402 g/mol. The number of piperidine rings is 1. The maximum atomic E-state index is 12.7. The van der Waals surface area contributed by atoms with Crippen molar-refractivity contribution in [3.05, 3.63) is 38.9 Å². The molecule has 2 aromatic rings. The predicted octanol–water partition coefficient (Wildman–Crippen LogP) is 2.84. The van der Waals surface area contributed by atoms with Crippen LogP contribution >= 0.6 is 0 Å². The van der Waals surface area contributed by atoms with Crippen LogP contribution in [0.25, 0.3) is 11.0 Å². The number of H-pyrrole nitrogens is 1. The molecule has 1 aromatic heterocycles. The fourth-order valence-corrected chi connectivity index (χ4v) is 5.77. The molecule has 2 aliphatic rings. The van der Waals surface area contributed by atoms with Gasteiger partial charge in [-0.3, -0.25) is 14.2 Å². The third-order valence-corrected chi connectivity index (χ3v) is 7.88. The quantitative estimate of drug-likeness (QED) is 0.752. The molecule has 30 heavy (non-hydrogen) atoms. The molecule has 7 nitrogen and oxygen atoms in total. The average Bonchev–Trinajstić information content (AvgIpc) is 2.68. The van der Waals surface area contributed by atoms with Crippen LogP contribution in [0.5, 0.6) is 0 Å². The molecular formula is C22H31N3O4S. The van der Waals surface area contributed by atoms with Crippen LogP contribution < -0.4 is 11.1 Å². The van der Waals surface area contributed by atoms with Crippen LogP contribution in [0.3, 0.4) is 0 Å². The van der Waals surface area contributed by atoms with E-state index in [-0.39, 0.29) is 10.9 Å². The van der Waals surface area contributed by atoms with Crippen LogP contribution in [0.1, 0.15) is 63.8 Å². The van der Waals surface area contributed by atoms with Gasteiger partial charge in [-0.05, 0) is 43.9 Å². The van der Waals surface area contributed by atoms with Crippen LogP contribution in [0.2, 0.25) is 0 Å². The number of sulfone groups is 1. The van der Waals surface area contributed by atoms with Crippen molar-refractivity contribution in [2.24, 2.45) is 0 Å². The molecule has 164 valence electrons. The average molecular weight is 434 g/mol. The van der Waals surface area contributed by atoms with E-state index in [1.54, 1.807) is 10.6 Å². The highest BCUT2D eigenvalue weighted by Gasteiger charge is 2.28. The molecule has 1 aliphatic carbocycles. The van der Waals surface area contributed by atoms with Crippen LogP contribution in [-0.2, 0) is 9.84 Å². The Kier molecular flexibility index (Phi) is 6.16. The molecule has 1 N–H and O–H groups in total. The third kappa shape index (κ3) is 4.39. The summed E-state index contributed by atoms with van der Waals surface area (Å²) in [5.74, 6) is 0. The number of nitrogens with zero attached hydrogens (tertiary/aromatic N) is 2. The molecule has 0 unspecified atom stereocenters. The van der Waals surface area contributed by atoms with Gasteiger partial charge in [0.25, 0.3) is 0 Å². The summed E-state index contributed by atoms with van der Waals surface area (Å²) in [4.78, 5) is 30.3. The first kappa shape index (κ1) is 21.3. The molecule has 2 heterocycles. The van der Waals surface area contributed by atoms with E-state index in [0.29, 0.717) is 17.1 Å². The summed E-state index contributed by atoms with van der Waals surface area (Å²) >= 11 is 0. The zero-order valence-electron chi connectivity index (χ0n) is 17.6. The van der Waals surface area contributed by atoms with Gasteiger partial charge in [-0.2, -0.15) is 0 Å². The Bertz CT molecular complexity index is 1120. The van der Waals surface area contributed by atoms with Crippen molar-refractivity contribution in [3.63, 3.8) is 0 Å². The summed E-state index contributed by atoms with van der Waals surface area (Å²) in [5, 5.41) is 0. The summed E-state index contributed by atoms with van der Waals surface area (Å²) in [7, 11) is -3.40.